The highest BCUT2D eigenvalue weighted by atomic mass is 16.6. The lowest BCUT2D eigenvalue weighted by Crippen LogP contribution is -2.39. The minimum Gasteiger partial charge on any atom is -0.447 e. The number of amides is 1. The third kappa shape index (κ3) is 6.65. The van der Waals surface area contributed by atoms with Crippen molar-refractivity contribution >= 4 is 17.7 Å². The molecule has 0 atom stereocenters. The van der Waals surface area contributed by atoms with Gasteiger partial charge in [-0.1, -0.05) is 0 Å². The van der Waals surface area contributed by atoms with E-state index in [0.717, 1.165) is 4.90 Å². The van der Waals surface area contributed by atoms with Crippen LogP contribution >= 0.6 is 0 Å². The lowest BCUT2D eigenvalue weighted by atomic mass is 10.3. The fourth-order valence-corrected chi connectivity index (χ4v) is 0.999. The first-order chi connectivity index (χ1) is 6.82. The fraction of sp³-hybridized carbons (Fsp3) is 0.700. The van der Waals surface area contributed by atoms with Crippen molar-refractivity contribution in [1.29, 1.82) is 0 Å². The Balaban J connectivity index is 4.40. The summed E-state index contributed by atoms with van der Waals surface area (Å²) < 4.78 is 4.90. The summed E-state index contributed by atoms with van der Waals surface area (Å²) in [6.45, 7) is 5.94. The molecule has 0 N–H and O–H groups in total. The van der Waals surface area contributed by atoms with Crippen LogP contribution in [0.15, 0.2) is 0 Å². The largest absolute Gasteiger partial charge is 0.447 e. The van der Waals surface area contributed by atoms with Crippen LogP contribution < -0.4 is 0 Å². The lowest BCUT2D eigenvalue weighted by molar-refractivity contribution is -0.120. The van der Waals surface area contributed by atoms with E-state index in [1.54, 1.807) is 13.8 Å². The van der Waals surface area contributed by atoms with E-state index in [4.69, 9.17) is 4.74 Å². The van der Waals surface area contributed by atoms with E-state index in [0.29, 0.717) is 0 Å². The van der Waals surface area contributed by atoms with Gasteiger partial charge in [-0.2, -0.15) is 0 Å². The number of ketones is 2. The fourth-order valence-electron chi connectivity index (χ4n) is 0.999. The molecule has 0 aliphatic heterocycles. The van der Waals surface area contributed by atoms with Crippen LogP contribution in [0.4, 0.5) is 4.79 Å². The molecule has 0 saturated heterocycles. The Bertz CT molecular complexity index is 244. The second-order valence-corrected chi connectivity index (χ2v) is 3.69. The molecule has 0 saturated carbocycles. The number of carbonyl (C=O) groups excluding carboxylic acids is 3. The average molecular weight is 215 g/mol. The average Bonchev–Trinajstić information content (AvgIpc) is 1.99. The van der Waals surface area contributed by atoms with Crippen molar-refractivity contribution < 1.29 is 19.1 Å². The Morgan fingerprint density at radius 3 is 1.73 bits per heavy atom. The van der Waals surface area contributed by atoms with E-state index < -0.39 is 6.09 Å². The van der Waals surface area contributed by atoms with Crippen molar-refractivity contribution in [3.8, 4) is 0 Å². The predicted octanol–water partition coefficient (Wildman–Crippen LogP) is 1.01. The zero-order valence-corrected chi connectivity index (χ0v) is 9.57. The van der Waals surface area contributed by atoms with Gasteiger partial charge in [0.15, 0.2) is 0 Å². The molecule has 0 aromatic carbocycles. The molecule has 0 aliphatic carbocycles. The molecule has 0 aromatic rings. The molecule has 5 heteroatoms. The molecule has 1 amide bonds. The first kappa shape index (κ1) is 13.6. The van der Waals surface area contributed by atoms with Crippen LogP contribution in [0.25, 0.3) is 0 Å². The maximum atomic E-state index is 11.4. The van der Waals surface area contributed by atoms with Gasteiger partial charge in [0, 0.05) is 0 Å². The number of rotatable bonds is 5. The van der Waals surface area contributed by atoms with Crippen LogP contribution in [0, 0.1) is 0 Å². The predicted molar refractivity (Wildman–Crippen MR) is 54.6 cm³/mol. The van der Waals surface area contributed by atoms with Gasteiger partial charge in [-0.15, -0.1) is 0 Å². The maximum Gasteiger partial charge on any atom is 0.410 e. The van der Waals surface area contributed by atoms with Gasteiger partial charge in [-0.05, 0) is 27.7 Å². The van der Waals surface area contributed by atoms with E-state index in [1.165, 1.54) is 13.8 Å². The summed E-state index contributed by atoms with van der Waals surface area (Å²) in [6.07, 6.45) is -0.894. The summed E-state index contributed by atoms with van der Waals surface area (Å²) in [5.41, 5.74) is 0. The number of carbonyl (C=O) groups is 3. The first-order valence-electron chi connectivity index (χ1n) is 4.77. The Hall–Kier alpha value is -1.39. The number of ether oxygens (including phenoxy) is 1. The quantitative estimate of drug-likeness (QED) is 0.686. The number of hydrogen-bond acceptors (Lipinski definition) is 4. The normalized spacial score (nSPS) is 9.93. The van der Waals surface area contributed by atoms with E-state index >= 15 is 0 Å². The molecule has 86 valence electrons. The molecule has 0 spiro atoms. The highest BCUT2D eigenvalue weighted by Gasteiger charge is 2.19. The van der Waals surface area contributed by atoms with Gasteiger partial charge in [-0.3, -0.25) is 14.5 Å². The third-order valence-electron chi connectivity index (χ3n) is 1.42. The Morgan fingerprint density at radius 2 is 1.47 bits per heavy atom. The summed E-state index contributed by atoms with van der Waals surface area (Å²) in [5.74, 6) is -0.367. The molecular formula is C10H17NO4. The van der Waals surface area contributed by atoms with Gasteiger partial charge < -0.3 is 4.74 Å². The van der Waals surface area contributed by atoms with Gasteiger partial charge in [0.2, 0.25) is 0 Å². The van der Waals surface area contributed by atoms with Crippen molar-refractivity contribution in [2.45, 2.75) is 33.8 Å². The Labute approximate surface area is 89.4 Å². The highest BCUT2D eigenvalue weighted by Crippen LogP contribution is 1.99. The summed E-state index contributed by atoms with van der Waals surface area (Å²) in [6, 6.07) is 0. The number of nitrogens with zero attached hydrogens (tertiary/aromatic N) is 1. The molecule has 0 unspecified atom stereocenters. The molecular weight excluding hydrogens is 198 g/mol. The van der Waals surface area contributed by atoms with Crippen molar-refractivity contribution in [3.63, 3.8) is 0 Å². The zero-order valence-electron chi connectivity index (χ0n) is 9.57. The lowest BCUT2D eigenvalue weighted by Gasteiger charge is -2.20. The van der Waals surface area contributed by atoms with Gasteiger partial charge in [0.05, 0.1) is 19.2 Å². The molecule has 0 heterocycles. The molecule has 0 aromatic heterocycles. The third-order valence-corrected chi connectivity index (χ3v) is 1.42. The van der Waals surface area contributed by atoms with Crippen molar-refractivity contribution in [2.75, 3.05) is 13.1 Å². The van der Waals surface area contributed by atoms with E-state index in [9.17, 15) is 14.4 Å². The standard InChI is InChI=1S/C10H17NO4/c1-7(2)15-10(14)11(5-8(3)12)6-9(4)13/h7H,5-6H2,1-4H3. The molecule has 0 rings (SSSR count). The topological polar surface area (TPSA) is 63.7 Å². The van der Waals surface area contributed by atoms with Crippen LogP contribution in [-0.2, 0) is 14.3 Å². The monoisotopic (exact) mass is 215 g/mol. The van der Waals surface area contributed by atoms with Gasteiger partial charge in [0.1, 0.15) is 11.6 Å². The van der Waals surface area contributed by atoms with Crippen LogP contribution in [-0.4, -0.2) is 41.8 Å². The van der Waals surface area contributed by atoms with Crippen LogP contribution in [0.2, 0.25) is 0 Å². The summed E-state index contributed by atoms with van der Waals surface area (Å²) in [4.78, 5) is 34.3. The van der Waals surface area contributed by atoms with Crippen LogP contribution in [0.5, 0.6) is 0 Å². The SMILES string of the molecule is CC(=O)CN(CC(C)=O)C(=O)OC(C)C. The smallest absolute Gasteiger partial charge is 0.410 e. The van der Waals surface area contributed by atoms with Crippen molar-refractivity contribution in [3.05, 3.63) is 0 Å². The number of Topliss-reactive ketones (excluding diaryl/α,β-unsaturated/α-hetero) is 2. The summed E-state index contributed by atoms with van der Waals surface area (Å²) in [7, 11) is 0. The van der Waals surface area contributed by atoms with E-state index in [-0.39, 0.29) is 30.8 Å². The van der Waals surface area contributed by atoms with Crippen molar-refractivity contribution in [2.24, 2.45) is 0 Å². The second kappa shape index (κ2) is 6.16. The molecule has 0 bridgehead atoms. The zero-order chi connectivity index (χ0) is 12.0. The molecule has 0 fully saturated rings. The molecule has 5 nitrogen and oxygen atoms in total. The van der Waals surface area contributed by atoms with Crippen molar-refractivity contribution in [1.82, 2.24) is 4.90 Å². The van der Waals surface area contributed by atoms with E-state index in [2.05, 4.69) is 0 Å². The van der Waals surface area contributed by atoms with Gasteiger partial charge in [0.25, 0.3) is 0 Å². The maximum absolute atomic E-state index is 11.4. The van der Waals surface area contributed by atoms with Crippen LogP contribution in [0.1, 0.15) is 27.7 Å². The van der Waals surface area contributed by atoms with Gasteiger partial charge in [-0.25, -0.2) is 4.79 Å². The summed E-state index contributed by atoms with van der Waals surface area (Å²) >= 11 is 0. The Kier molecular flexibility index (Phi) is 5.59. The van der Waals surface area contributed by atoms with Crippen LogP contribution in [0.3, 0.4) is 0 Å². The van der Waals surface area contributed by atoms with E-state index in [1.807, 2.05) is 0 Å². The minimum atomic E-state index is -0.629. The molecule has 15 heavy (non-hydrogen) atoms. The second-order valence-electron chi connectivity index (χ2n) is 3.69. The molecule has 0 radical (unpaired) electrons. The van der Waals surface area contributed by atoms with Gasteiger partial charge >= 0.3 is 6.09 Å². The number of hydrogen-bond donors (Lipinski definition) is 0. The minimum absolute atomic E-state index is 0.0921. The summed E-state index contributed by atoms with van der Waals surface area (Å²) in [5, 5.41) is 0. The first-order valence-corrected chi connectivity index (χ1v) is 4.77. The Morgan fingerprint density at radius 1 is 1.07 bits per heavy atom. The molecule has 0 aliphatic rings. The highest BCUT2D eigenvalue weighted by molar-refractivity contribution is 5.86.